The summed E-state index contributed by atoms with van der Waals surface area (Å²) in [6, 6.07) is 9.03. The number of hydrogen-bond donors (Lipinski definition) is 2. The van der Waals surface area contributed by atoms with Crippen molar-refractivity contribution in [3.05, 3.63) is 35.9 Å². The molecular weight excluding hydrogens is 320 g/mol. The van der Waals surface area contributed by atoms with Crippen molar-refractivity contribution in [1.29, 1.82) is 0 Å². The predicted octanol–water partition coefficient (Wildman–Crippen LogP) is 2.20. The minimum Gasteiger partial charge on any atom is -0.460 e. The maximum Gasteiger partial charge on any atom is 0.308 e. The van der Waals surface area contributed by atoms with E-state index in [-0.39, 0.29) is 24.8 Å². The summed E-state index contributed by atoms with van der Waals surface area (Å²) in [5.74, 6) is -0.496. The van der Waals surface area contributed by atoms with Crippen LogP contribution in [0, 0.1) is 0 Å². The molecule has 0 radical (unpaired) electrons. The molecule has 140 valence electrons. The van der Waals surface area contributed by atoms with Crippen LogP contribution in [0.25, 0.3) is 0 Å². The average molecular weight is 350 g/mol. The summed E-state index contributed by atoms with van der Waals surface area (Å²) in [6.07, 6.45) is 0.931. The number of ether oxygens (including phenoxy) is 2. The zero-order chi connectivity index (χ0) is 18.7. The number of amides is 1. The van der Waals surface area contributed by atoms with E-state index in [4.69, 9.17) is 9.47 Å². The first-order valence-corrected chi connectivity index (χ1v) is 8.57. The number of esters is 1. The van der Waals surface area contributed by atoms with Crippen molar-refractivity contribution in [2.24, 2.45) is 0 Å². The summed E-state index contributed by atoms with van der Waals surface area (Å²) in [5.41, 5.74) is 0.326. The van der Waals surface area contributed by atoms with Gasteiger partial charge in [-0.2, -0.15) is 0 Å². The number of carbonyl (C=O) groups excluding carboxylic acids is 2. The first kappa shape index (κ1) is 21.1. The highest BCUT2D eigenvalue weighted by atomic mass is 16.6. The molecular formula is C19H30N2O4. The Kier molecular flexibility index (Phi) is 9.16. The number of rotatable bonds is 10. The SMILES string of the molecule is COCCCNCC(=O)NC(CC(=O)OC(C)(C)C)c1ccccc1. The highest BCUT2D eigenvalue weighted by Gasteiger charge is 2.22. The van der Waals surface area contributed by atoms with Gasteiger partial charge in [0.2, 0.25) is 5.91 Å². The zero-order valence-electron chi connectivity index (χ0n) is 15.6. The first-order chi connectivity index (χ1) is 11.8. The van der Waals surface area contributed by atoms with Crippen LogP contribution < -0.4 is 10.6 Å². The quantitative estimate of drug-likeness (QED) is 0.500. The molecule has 25 heavy (non-hydrogen) atoms. The molecule has 0 aliphatic carbocycles. The predicted molar refractivity (Wildman–Crippen MR) is 97.2 cm³/mol. The van der Waals surface area contributed by atoms with E-state index in [2.05, 4.69) is 10.6 Å². The van der Waals surface area contributed by atoms with Gasteiger partial charge in [-0.3, -0.25) is 9.59 Å². The highest BCUT2D eigenvalue weighted by molar-refractivity contribution is 5.79. The number of carbonyl (C=O) groups is 2. The van der Waals surface area contributed by atoms with Crippen LogP contribution in [-0.4, -0.2) is 44.3 Å². The average Bonchev–Trinajstić information content (AvgIpc) is 2.53. The smallest absolute Gasteiger partial charge is 0.308 e. The molecule has 0 spiro atoms. The van der Waals surface area contributed by atoms with Crippen molar-refractivity contribution in [1.82, 2.24) is 10.6 Å². The molecule has 6 heteroatoms. The van der Waals surface area contributed by atoms with Crippen LogP contribution in [0.2, 0.25) is 0 Å². The summed E-state index contributed by atoms with van der Waals surface area (Å²) in [5, 5.41) is 5.97. The highest BCUT2D eigenvalue weighted by Crippen LogP contribution is 2.19. The third kappa shape index (κ3) is 9.84. The van der Waals surface area contributed by atoms with E-state index >= 15 is 0 Å². The molecule has 0 saturated carbocycles. The molecule has 0 aliphatic heterocycles. The lowest BCUT2D eigenvalue weighted by Crippen LogP contribution is -2.38. The second kappa shape index (κ2) is 10.8. The Hall–Kier alpha value is -1.92. The lowest BCUT2D eigenvalue weighted by Gasteiger charge is -2.23. The molecule has 0 saturated heterocycles. The van der Waals surface area contributed by atoms with Crippen LogP contribution in [0.15, 0.2) is 30.3 Å². The summed E-state index contributed by atoms with van der Waals surface area (Å²) in [4.78, 5) is 24.3. The molecule has 1 aromatic carbocycles. The lowest BCUT2D eigenvalue weighted by molar-refractivity contribution is -0.155. The van der Waals surface area contributed by atoms with Crippen LogP contribution in [0.3, 0.4) is 0 Å². The largest absolute Gasteiger partial charge is 0.460 e. The second-order valence-electron chi connectivity index (χ2n) is 6.84. The molecule has 0 aliphatic rings. The van der Waals surface area contributed by atoms with Gasteiger partial charge in [0.15, 0.2) is 0 Å². The molecule has 1 amide bonds. The molecule has 1 unspecified atom stereocenters. The second-order valence-corrected chi connectivity index (χ2v) is 6.84. The third-order valence-electron chi connectivity index (χ3n) is 3.32. The van der Waals surface area contributed by atoms with Gasteiger partial charge in [-0.25, -0.2) is 0 Å². The van der Waals surface area contributed by atoms with E-state index in [0.29, 0.717) is 13.2 Å². The van der Waals surface area contributed by atoms with Gasteiger partial charge in [0, 0.05) is 13.7 Å². The standard InChI is InChI=1S/C19H30N2O4/c1-19(2,3)25-18(23)13-16(15-9-6-5-7-10-15)21-17(22)14-20-11-8-12-24-4/h5-7,9-10,16,20H,8,11-14H2,1-4H3,(H,21,22). The Morgan fingerprint density at radius 3 is 2.44 bits per heavy atom. The Bertz CT molecular complexity index is 526. The van der Waals surface area contributed by atoms with Gasteiger partial charge in [-0.15, -0.1) is 0 Å². The van der Waals surface area contributed by atoms with Gasteiger partial charge >= 0.3 is 5.97 Å². The van der Waals surface area contributed by atoms with Crippen molar-refractivity contribution in [3.63, 3.8) is 0 Å². The molecule has 0 fully saturated rings. The molecule has 2 N–H and O–H groups in total. The van der Waals surface area contributed by atoms with E-state index in [1.807, 2.05) is 51.1 Å². The van der Waals surface area contributed by atoms with E-state index < -0.39 is 11.6 Å². The lowest BCUT2D eigenvalue weighted by atomic mass is 10.0. The summed E-state index contributed by atoms with van der Waals surface area (Å²) >= 11 is 0. The molecule has 0 aromatic heterocycles. The molecule has 0 bridgehead atoms. The Morgan fingerprint density at radius 1 is 1.16 bits per heavy atom. The third-order valence-corrected chi connectivity index (χ3v) is 3.32. The molecule has 1 aromatic rings. The van der Waals surface area contributed by atoms with E-state index in [9.17, 15) is 9.59 Å². The summed E-state index contributed by atoms with van der Waals surface area (Å²) in [6.45, 7) is 7.02. The summed E-state index contributed by atoms with van der Waals surface area (Å²) < 4.78 is 10.3. The van der Waals surface area contributed by atoms with Crippen molar-refractivity contribution in [2.45, 2.75) is 45.3 Å². The number of hydrogen-bond acceptors (Lipinski definition) is 5. The van der Waals surface area contributed by atoms with Gasteiger partial charge in [0.05, 0.1) is 19.0 Å². The monoisotopic (exact) mass is 350 g/mol. The van der Waals surface area contributed by atoms with E-state index in [0.717, 1.165) is 12.0 Å². The fourth-order valence-electron chi connectivity index (χ4n) is 2.28. The van der Waals surface area contributed by atoms with Crippen molar-refractivity contribution >= 4 is 11.9 Å². The van der Waals surface area contributed by atoms with Crippen molar-refractivity contribution in [3.8, 4) is 0 Å². The van der Waals surface area contributed by atoms with Gasteiger partial charge in [-0.05, 0) is 39.3 Å². The fourth-order valence-corrected chi connectivity index (χ4v) is 2.28. The molecule has 0 heterocycles. The minimum absolute atomic E-state index is 0.0939. The maximum atomic E-state index is 12.2. The van der Waals surface area contributed by atoms with Gasteiger partial charge in [-0.1, -0.05) is 30.3 Å². The van der Waals surface area contributed by atoms with Crippen LogP contribution in [0.5, 0.6) is 0 Å². The van der Waals surface area contributed by atoms with E-state index in [1.54, 1.807) is 7.11 Å². The molecule has 6 nitrogen and oxygen atoms in total. The number of benzene rings is 1. The minimum atomic E-state index is -0.550. The molecule has 1 atom stereocenters. The van der Waals surface area contributed by atoms with Crippen molar-refractivity contribution < 1.29 is 19.1 Å². The zero-order valence-corrected chi connectivity index (χ0v) is 15.6. The van der Waals surface area contributed by atoms with Crippen LogP contribution >= 0.6 is 0 Å². The number of methoxy groups -OCH3 is 1. The van der Waals surface area contributed by atoms with Crippen LogP contribution in [-0.2, 0) is 19.1 Å². The fraction of sp³-hybridized carbons (Fsp3) is 0.579. The van der Waals surface area contributed by atoms with Gasteiger partial charge in [0.25, 0.3) is 0 Å². The van der Waals surface area contributed by atoms with Gasteiger partial charge < -0.3 is 20.1 Å². The Labute approximate surface area is 150 Å². The van der Waals surface area contributed by atoms with Crippen LogP contribution in [0.1, 0.15) is 45.2 Å². The normalized spacial score (nSPS) is 12.5. The van der Waals surface area contributed by atoms with Crippen LogP contribution in [0.4, 0.5) is 0 Å². The Morgan fingerprint density at radius 2 is 1.84 bits per heavy atom. The maximum absolute atomic E-state index is 12.2. The summed E-state index contributed by atoms with van der Waals surface area (Å²) in [7, 11) is 1.65. The van der Waals surface area contributed by atoms with E-state index in [1.165, 1.54) is 0 Å². The molecule has 1 rings (SSSR count). The van der Waals surface area contributed by atoms with Gasteiger partial charge in [0.1, 0.15) is 5.60 Å². The topological polar surface area (TPSA) is 76.7 Å². The Balaban J connectivity index is 2.60. The first-order valence-electron chi connectivity index (χ1n) is 8.57. The van der Waals surface area contributed by atoms with Crippen molar-refractivity contribution in [2.75, 3.05) is 26.8 Å². The number of nitrogens with one attached hydrogen (secondary N) is 2.